The second kappa shape index (κ2) is 5.21. The number of hydrogen-bond donors (Lipinski definition) is 1. The number of halogens is 1. The van der Waals surface area contributed by atoms with Crippen LogP contribution in [0.5, 0.6) is 11.8 Å². The van der Waals surface area contributed by atoms with Gasteiger partial charge in [0.05, 0.1) is 10.7 Å². The molecule has 1 N–H and O–H groups in total. The van der Waals surface area contributed by atoms with Gasteiger partial charge in [-0.15, -0.1) is 0 Å². The Morgan fingerprint density at radius 3 is 3.00 bits per heavy atom. The third-order valence-corrected chi connectivity index (χ3v) is 2.47. The van der Waals surface area contributed by atoms with E-state index in [0.29, 0.717) is 17.3 Å². The van der Waals surface area contributed by atoms with Gasteiger partial charge < -0.3 is 14.5 Å². The highest BCUT2D eigenvalue weighted by Gasteiger charge is 2.08. The fraction of sp³-hybridized carbons (Fsp3) is 0.250. The van der Waals surface area contributed by atoms with Crippen molar-refractivity contribution in [1.82, 2.24) is 10.3 Å². The summed E-state index contributed by atoms with van der Waals surface area (Å²) < 4.78 is 10.6. The molecule has 0 atom stereocenters. The summed E-state index contributed by atoms with van der Waals surface area (Å²) in [6.07, 6.45) is 1.74. The molecule has 0 saturated heterocycles. The van der Waals surface area contributed by atoms with Crippen LogP contribution in [0.1, 0.15) is 11.3 Å². The van der Waals surface area contributed by atoms with Crippen molar-refractivity contribution in [1.29, 1.82) is 0 Å². The molecule has 0 spiro atoms. The number of rotatable bonds is 4. The van der Waals surface area contributed by atoms with E-state index in [1.54, 1.807) is 12.3 Å². The molecule has 0 amide bonds. The van der Waals surface area contributed by atoms with Gasteiger partial charge in [0.15, 0.2) is 5.75 Å². The lowest BCUT2D eigenvalue weighted by Crippen LogP contribution is -2.04. The van der Waals surface area contributed by atoms with Gasteiger partial charge in [-0.3, -0.25) is 0 Å². The maximum absolute atomic E-state index is 6.04. The van der Waals surface area contributed by atoms with E-state index in [9.17, 15) is 0 Å². The van der Waals surface area contributed by atoms with Crippen molar-refractivity contribution >= 4 is 11.6 Å². The van der Waals surface area contributed by atoms with Crippen molar-refractivity contribution in [3.63, 3.8) is 0 Å². The molecule has 1 aromatic heterocycles. The monoisotopic (exact) mass is 252 g/mol. The van der Waals surface area contributed by atoms with Gasteiger partial charge in [-0.1, -0.05) is 17.7 Å². The molecule has 0 aliphatic carbocycles. The van der Waals surface area contributed by atoms with Crippen LogP contribution < -0.4 is 10.1 Å². The molecule has 90 valence electrons. The molecule has 0 saturated carbocycles. The lowest BCUT2D eigenvalue weighted by Gasteiger charge is -2.03. The van der Waals surface area contributed by atoms with Gasteiger partial charge in [0.1, 0.15) is 6.26 Å². The van der Waals surface area contributed by atoms with Gasteiger partial charge in [0.25, 0.3) is 0 Å². The van der Waals surface area contributed by atoms with Crippen LogP contribution in [0.2, 0.25) is 5.02 Å². The molecule has 0 radical (unpaired) electrons. The van der Waals surface area contributed by atoms with E-state index in [1.165, 1.54) is 0 Å². The minimum Gasteiger partial charge on any atom is -0.417 e. The van der Waals surface area contributed by atoms with E-state index >= 15 is 0 Å². The number of hydrogen-bond acceptors (Lipinski definition) is 4. The summed E-state index contributed by atoms with van der Waals surface area (Å²) in [6, 6.07) is 5.53. The average Bonchev–Trinajstić information content (AvgIpc) is 2.71. The predicted molar refractivity (Wildman–Crippen MR) is 65.5 cm³/mol. The number of aryl methyl sites for hydroxylation is 1. The Labute approximate surface area is 105 Å². The van der Waals surface area contributed by atoms with Gasteiger partial charge >= 0.3 is 6.08 Å². The predicted octanol–water partition coefficient (Wildman–Crippen LogP) is 3.15. The zero-order valence-electron chi connectivity index (χ0n) is 9.66. The number of oxazole rings is 1. The van der Waals surface area contributed by atoms with E-state index in [2.05, 4.69) is 10.3 Å². The maximum Gasteiger partial charge on any atom is 0.399 e. The number of nitrogens with zero attached hydrogens (tertiary/aromatic N) is 1. The van der Waals surface area contributed by atoms with Crippen molar-refractivity contribution in [2.75, 3.05) is 7.05 Å². The summed E-state index contributed by atoms with van der Waals surface area (Å²) in [4.78, 5) is 4.15. The first kappa shape index (κ1) is 12.0. The number of nitrogens with one attached hydrogen (secondary N) is 1. The van der Waals surface area contributed by atoms with Gasteiger partial charge in [-0.25, -0.2) is 0 Å². The smallest absolute Gasteiger partial charge is 0.399 e. The van der Waals surface area contributed by atoms with Crippen molar-refractivity contribution in [2.24, 2.45) is 0 Å². The SMILES string of the molecule is CNCc1coc(Oc2ccc(C)cc2Cl)n1. The van der Waals surface area contributed by atoms with Crippen LogP contribution in [0, 0.1) is 6.92 Å². The van der Waals surface area contributed by atoms with E-state index in [4.69, 9.17) is 20.8 Å². The zero-order valence-corrected chi connectivity index (χ0v) is 10.4. The van der Waals surface area contributed by atoms with Gasteiger partial charge in [-0.2, -0.15) is 4.98 Å². The van der Waals surface area contributed by atoms with Crippen LogP contribution >= 0.6 is 11.6 Å². The second-order valence-corrected chi connectivity index (χ2v) is 4.08. The number of aromatic nitrogens is 1. The fourth-order valence-electron chi connectivity index (χ4n) is 1.38. The third-order valence-electron chi connectivity index (χ3n) is 2.17. The molecule has 0 aliphatic rings. The normalized spacial score (nSPS) is 10.5. The standard InChI is InChI=1S/C12H13ClN2O2/c1-8-3-4-11(10(13)5-8)17-12-15-9(6-14-2)7-16-12/h3-5,7,14H,6H2,1-2H3. The van der Waals surface area contributed by atoms with E-state index in [0.717, 1.165) is 11.3 Å². The van der Waals surface area contributed by atoms with Gasteiger partial charge in [0.2, 0.25) is 0 Å². The third kappa shape index (κ3) is 2.99. The van der Waals surface area contributed by atoms with Crippen molar-refractivity contribution in [3.05, 3.63) is 40.7 Å². The molecule has 2 rings (SSSR count). The van der Waals surface area contributed by atoms with Crippen LogP contribution in [-0.4, -0.2) is 12.0 Å². The molecule has 1 heterocycles. The second-order valence-electron chi connectivity index (χ2n) is 3.67. The Bertz CT molecular complexity index is 511. The summed E-state index contributed by atoms with van der Waals surface area (Å²) >= 11 is 6.04. The molecule has 17 heavy (non-hydrogen) atoms. The van der Waals surface area contributed by atoms with Crippen LogP contribution in [0.3, 0.4) is 0 Å². The molecule has 0 fully saturated rings. The zero-order chi connectivity index (χ0) is 12.3. The molecule has 0 unspecified atom stereocenters. The quantitative estimate of drug-likeness (QED) is 0.908. The Morgan fingerprint density at radius 2 is 2.29 bits per heavy atom. The van der Waals surface area contributed by atoms with E-state index in [1.807, 2.05) is 26.1 Å². The Kier molecular flexibility index (Phi) is 3.66. The minimum absolute atomic E-state index is 0.195. The van der Waals surface area contributed by atoms with Crippen LogP contribution in [0.4, 0.5) is 0 Å². The van der Waals surface area contributed by atoms with Crippen LogP contribution in [-0.2, 0) is 6.54 Å². The average molecular weight is 253 g/mol. The first-order valence-corrected chi connectivity index (χ1v) is 5.60. The van der Waals surface area contributed by atoms with E-state index < -0.39 is 0 Å². The van der Waals surface area contributed by atoms with Crippen molar-refractivity contribution in [2.45, 2.75) is 13.5 Å². The Hall–Kier alpha value is -1.52. The number of benzene rings is 1. The summed E-state index contributed by atoms with van der Waals surface area (Å²) in [5.41, 5.74) is 1.86. The Balaban J connectivity index is 2.13. The lowest BCUT2D eigenvalue weighted by molar-refractivity contribution is 0.331. The first-order chi connectivity index (χ1) is 8.19. The summed E-state index contributed by atoms with van der Waals surface area (Å²) in [6.45, 7) is 2.60. The van der Waals surface area contributed by atoms with Crippen LogP contribution in [0.15, 0.2) is 28.9 Å². The minimum atomic E-state index is 0.195. The van der Waals surface area contributed by atoms with Crippen molar-refractivity contribution < 1.29 is 9.15 Å². The molecule has 0 aliphatic heterocycles. The molecular weight excluding hydrogens is 240 g/mol. The van der Waals surface area contributed by atoms with Gasteiger partial charge in [0, 0.05) is 6.54 Å². The summed E-state index contributed by atoms with van der Waals surface area (Å²) in [5.74, 6) is 0.537. The molecule has 0 bridgehead atoms. The van der Waals surface area contributed by atoms with Gasteiger partial charge in [-0.05, 0) is 31.7 Å². The first-order valence-electron chi connectivity index (χ1n) is 5.22. The molecular formula is C12H13ClN2O2. The molecule has 1 aromatic carbocycles. The largest absolute Gasteiger partial charge is 0.417 e. The lowest BCUT2D eigenvalue weighted by atomic mass is 10.2. The maximum atomic E-state index is 6.04. The van der Waals surface area contributed by atoms with Crippen molar-refractivity contribution in [3.8, 4) is 11.8 Å². The number of ether oxygens (including phenoxy) is 1. The summed E-state index contributed by atoms with van der Waals surface area (Å²) in [7, 11) is 1.84. The van der Waals surface area contributed by atoms with E-state index in [-0.39, 0.29) is 6.08 Å². The molecule has 5 heteroatoms. The highest BCUT2D eigenvalue weighted by molar-refractivity contribution is 6.32. The summed E-state index contributed by atoms with van der Waals surface area (Å²) in [5, 5.41) is 3.52. The Morgan fingerprint density at radius 1 is 1.47 bits per heavy atom. The molecule has 4 nitrogen and oxygen atoms in total. The molecule has 2 aromatic rings. The topological polar surface area (TPSA) is 47.3 Å². The highest BCUT2D eigenvalue weighted by Crippen LogP contribution is 2.29. The highest BCUT2D eigenvalue weighted by atomic mass is 35.5. The fourth-order valence-corrected chi connectivity index (χ4v) is 1.65. The van der Waals surface area contributed by atoms with Crippen LogP contribution in [0.25, 0.3) is 0 Å².